The van der Waals surface area contributed by atoms with Gasteiger partial charge in [0.2, 0.25) is 0 Å². The molecule has 0 aliphatic heterocycles. The zero-order valence-corrected chi connectivity index (χ0v) is 28.3. The van der Waals surface area contributed by atoms with Gasteiger partial charge >= 0.3 is 0 Å². The van der Waals surface area contributed by atoms with Crippen molar-refractivity contribution in [1.82, 2.24) is 0 Å². The minimum atomic E-state index is 0.510. The summed E-state index contributed by atoms with van der Waals surface area (Å²) < 4.78 is 0. The topological polar surface area (TPSA) is 24.7 Å². The normalized spacial score (nSPS) is 16.4. The molecule has 0 radical (unpaired) electrons. The molecule has 0 aromatic carbocycles. The van der Waals surface area contributed by atoms with Crippen LogP contribution >= 0.6 is 34.0 Å². The molecule has 5 rings (SSSR count). The van der Waals surface area contributed by atoms with Crippen LogP contribution in [0, 0.1) is 23.7 Å². The van der Waals surface area contributed by atoms with E-state index in [4.69, 9.17) is 9.98 Å². The minimum Gasteiger partial charge on any atom is -0.288 e. The van der Waals surface area contributed by atoms with Gasteiger partial charge in [-0.05, 0) is 98.1 Å². The van der Waals surface area contributed by atoms with E-state index in [1.165, 1.54) is 123 Å². The lowest BCUT2D eigenvalue weighted by Crippen LogP contribution is -2.09. The summed E-state index contributed by atoms with van der Waals surface area (Å²) in [5.41, 5.74) is 1.36. The first-order valence-electron chi connectivity index (χ1n) is 16.7. The number of rotatable bonds is 11. The van der Waals surface area contributed by atoms with Crippen molar-refractivity contribution >= 4 is 46.4 Å². The van der Waals surface area contributed by atoms with Crippen molar-refractivity contribution in [2.75, 3.05) is 0 Å². The average Bonchev–Trinajstić information content (AvgIpc) is 3.80. The lowest BCUT2D eigenvalue weighted by Gasteiger charge is -2.16. The molecular weight excluding hydrogens is 581 g/mol. The van der Waals surface area contributed by atoms with Crippen molar-refractivity contribution < 1.29 is 0 Å². The van der Waals surface area contributed by atoms with Crippen LogP contribution in [0.15, 0.2) is 40.3 Å². The van der Waals surface area contributed by atoms with E-state index in [1.54, 1.807) is 34.0 Å². The quantitative estimate of drug-likeness (QED) is 0.115. The highest BCUT2D eigenvalue weighted by Crippen LogP contribution is 2.26. The third-order valence-electron chi connectivity index (χ3n) is 8.44. The van der Waals surface area contributed by atoms with E-state index in [0.29, 0.717) is 12.1 Å². The zero-order chi connectivity index (χ0) is 29.5. The Hall–Kier alpha value is -2.44. The van der Waals surface area contributed by atoms with Crippen LogP contribution in [-0.4, -0.2) is 24.5 Å². The van der Waals surface area contributed by atoms with Gasteiger partial charge in [-0.25, -0.2) is 0 Å². The van der Waals surface area contributed by atoms with Crippen LogP contribution in [0.1, 0.15) is 144 Å². The Morgan fingerprint density at radius 2 is 1.16 bits per heavy atom. The number of unbranched alkanes of at least 4 members (excludes halogenated alkanes) is 5. The van der Waals surface area contributed by atoms with Gasteiger partial charge in [-0.1, -0.05) is 77.6 Å². The summed E-state index contributed by atoms with van der Waals surface area (Å²) in [6.07, 6.45) is 26.0. The molecule has 3 aromatic rings. The van der Waals surface area contributed by atoms with E-state index in [2.05, 4.69) is 73.4 Å². The molecule has 2 fully saturated rings. The molecule has 0 bridgehead atoms. The number of hydrogen-bond acceptors (Lipinski definition) is 5. The van der Waals surface area contributed by atoms with Crippen LogP contribution in [0.2, 0.25) is 0 Å². The van der Waals surface area contributed by atoms with Crippen molar-refractivity contribution in [3.63, 3.8) is 0 Å². The molecule has 43 heavy (non-hydrogen) atoms. The SMILES string of the molecule is CCCCCCCCc1cc(C#Cc2ccc(C=NC3CCCCC3)s2)sc1C#Cc1ccc(C=NC2CCCCC2)s1. The maximum Gasteiger partial charge on any atom is 0.0817 e. The average molecular weight is 627 g/mol. The number of aliphatic imine (C=N–C) groups is 2. The van der Waals surface area contributed by atoms with E-state index in [9.17, 15) is 0 Å². The van der Waals surface area contributed by atoms with Crippen LogP contribution in [0.25, 0.3) is 0 Å². The van der Waals surface area contributed by atoms with E-state index in [-0.39, 0.29) is 0 Å². The van der Waals surface area contributed by atoms with Crippen molar-refractivity contribution in [3.8, 4) is 23.7 Å². The smallest absolute Gasteiger partial charge is 0.0817 e. The van der Waals surface area contributed by atoms with Crippen LogP contribution in [-0.2, 0) is 6.42 Å². The van der Waals surface area contributed by atoms with E-state index in [1.807, 2.05) is 0 Å². The van der Waals surface area contributed by atoms with Gasteiger partial charge in [-0.15, -0.1) is 34.0 Å². The summed E-state index contributed by atoms with van der Waals surface area (Å²) in [6.45, 7) is 2.28. The molecule has 2 nitrogen and oxygen atoms in total. The van der Waals surface area contributed by atoms with Gasteiger partial charge in [0.15, 0.2) is 0 Å². The second kappa shape index (κ2) is 17.8. The van der Waals surface area contributed by atoms with Crippen LogP contribution in [0.5, 0.6) is 0 Å². The number of thiophene rings is 3. The van der Waals surface area contributed by atoms with Crippen molar-refractivity contribution in [2.24, 2.45) is 9.98 Å². The third-order valence-corrected chi connectivity index (χ3v) is 11.3. The Morgan fingerprint density at radius 3 is 1.77 bits per heavy atom. The molecule has 2 aliphatic carbocycles. The number of hydrogen-bond donors (Lipinski definition) is 0. The lowest BCUT2D eigenvalue weighted by atomic mass is 9.96. The molecule has 0 atom stereocenters. The van der Waals surface area contributed by atoms with Crippen LogP contribution < -0.4 is 0 Å². The Bertz CT molecular complexity index is 1450. The zero-order valence-electron chi connectivity index (χ0n) is 25.8. The monoisotopic (exact) mass is 626 g/mol. The number of aryl methyl sites for hydroxylation is 1. The first-order valence-corrected chi connectivity index (χ1v) is 19.1. The molecule has 2 saturated carbocycles. The molecule has 0 spiro atoms. The molecule has 2 aliphatic rings. The van der Waals surface area contributed by atoms with E-state index >= 15 is 0 Å². The molecule has 3 heterocycles. The van der Waals surface area contributed by atoms with Gasteiger partial charge in [0.05, 0.1) is 19.5 Å². The molecule has 0 saturated heterocycles. The van der Waals surface area contributed by atoms with Gasteiger partial charge < -0.3 is 0 Å². The fraction of sp³-hybridized carbons (Fsp3) is 0.526. The summed E-state index contributed by atoms with van der Waals surface area (Å²) in [5.74, 6) is 13.9. The summed E-state index contributed by atoms with van der Waals surface area (Å²) in [6, 6.07) is 11.9. The molecule has 5 heteroatoms. The Balaban J connectivity index is 1.25. The van der Waals surface area contributed by atoms with Crippen LogP contribution in [0.4, 0.5) is 0 Å². The second-order valence-electron chi connectivity index (χ2n) is 12.0. The maximum atomic E-state index is 4.86. The second-order valence-corrected chi connectivity index (χ2v) is 15.3. The van der Waals surface area contributed by atoms with Gasteiger partial charge in [-0.2, -0.15) is 0 Å². The Kier molecular flexibility index (Phi) is 13.2. The summed E-state index contributed by atoms with van der Waals surface area (Å²) in [4.78, 5) is 16.6. The van der Waals surface area contributed by atoms with Gasteiger partial charge in [0.1, 0.15) is 0 Å². The fourth-order valence-corrected chi connectivity index (χ4v) is 8.32. The number of nitrogens with zero attached hydrogens (tertiary/aromatic N) is 2. The third kappa shape index (κ3) is 10.9. The predicted octanol–water partition coefficient (Wildman–Crippen LogP) is 11.1. The van der Waals surface area contributed by atoms with Crippen LogP contribution in [0.3, 0.4) is 0 Å². The lowest BCUT2D eigenvalue weighted by molar-refractivity contribution is 0.444. The molecule has 226 valence electrons. The summed E-state index contributed by atoms with van der Waals surface area (Å²) in [7, 11) is 0. The summed E-state index contributed by atoms with van der Waals surface area (Å²) >= 11 is 5.24. The first-order chi connectivity index (χ1) is 21.2. The Morgan fingerprint density at radius 1 is 0.628 bits per heavy atom. The van der Waals surface area contributed by atoms with E-state index in [0.717, 1.165) is 21.1 Å². The van der Waals surface area contributed by atoms with Gasteiger partial charge in [0, 0.05) is 34.3 Å². The predicted molar refractivity (Wildman–Crippen MR) is 191 cm³/mol. The fourth-order valence-electron chi connectivity index (χ4n) is 5.92. The van der Waals surface area contributed by atoms with Crippen molar-refractivity contribution in [3.05, 3.63) is 65.2 Å². The minimum absolute atomic E-state index is 0.510. The van der Waals surface area contributed by atoms with Gasteiger partial charge in [-0.3, -0.25) is 9.98 Å². The highest BCUT2D eigenvalue weighted by molar-refractivity contribution is 7.15. The molecule has 0 amide bonds. The van der Waals surface area contributed by atoms with Gasteiger partial charge in [0.25, 0.3) is 0 Å². The molecule has 0 N–H and O–H groups in total. The Labute approximate surface area is 272 Å². The molecular formula is C38H46N2S3. The first kappa shape index (κ1) is 32.0. The highest BCUT2D eigenvalue weighted by Gasteiger charge is 2.12. The van der Waals surface area contributed by atoms with Crippen molar-refractivity contribution in [1.29, 1.82) is 0 Å². The summed E-state index contributed by atoms with van der Waals surface area (Å²) in [5, 5.41) is 0. The van der Waals surface area contributed by atoms with Crippen molar-refractivity contribution in [2.45, 2.75) is 128 Å². The highest BCUT2D eigenvalue weighted by atomic mass is 32.1. The largest absolute Gasteiger partial charge is 0.288 e. The molecule has 0 unspecified atom stereocenters. The standard InChI is InChI=1S/C38H46N2S3/c1-2-3-4-5-6-9-14-30-27-35(22-19-33-20-23-36(41-33)28-39-31-15-10-7-11-16-31)43-38(30)26-25-34-21-24-37(42-34)29-40-32-17-12-8-13-18-32/h20-21,23-24,27-29,31-32H,2-18H2,1H3. The molecule has 3 aromatic heterocycles. The van der Waals surface area contributed by atoms with E-state index < -0.39 is 0 Å². The maximum absolute atomic E-state index is 4.86.